The largest absolute Gasteiger partial charge is 0.458 e. The van der Waals surface area contributed by atoms with Crippen LogP contribution in [-0.2, 0) is 44.5 Å². The first-order chi connectivity index (χ1) is 17.0. The molecule has 3 aromatic rings. The lowest BCUT2D eigenvalue weighted by Crippen LogP contribution is -2.44. The number of nitrogens with zero attached hydrogens (tertiary/aromatic N) is 2. The highest BCUT2D eigenvalue weighted by Crippen LogP contribution is 2.39. The number of cyclic esters (lactones) is 1. The van der Waals surface area contributed by atoms with Crippen LogP contribution in [-0.4, -0.2) is 40.6 Å². The molecule has 2 aromatic heterocycles. The van der Waals surface area contributed by atoms with Gasteiger partial charge in [-0.25, -0.2) is 18.2 Å². The molecule has 190 valence electrons. The lowest BCUT2D eigenvalue weighted by Gasteiger charge is -2.31. The van der Waals surface area contributed by atoms with E-state index in [1.54, 1.807) is 17.6 Å². The Bertz CT molecular complexity index is 1570. The lowest BCUT2D eigenvalue weighted by atomic mass is 9.86. The zero-order valence-corrected chi connectivity index (χ0v) is 21.7. The summed E-state index contributed by atoms with van der Waals surface area (Å²) in [5.74, 6) is -0.729. The summed E-state index contributed by atoms with van der Waals surface area (Å²) in [6.07, 6.45) is 2.50. The number of benzene rings is 1. The summed E-state index contributed by atoms with van der Waals surface area (Å²) in [6.45, 7) is 5.69. The molecule has 0 bridgehead atoms. The molecule has 9 heteroatoms. The molecular formula is C27H30N2O6S. The van der Waals surface area contributed by atoms with E-state index in [2.05, 4.69) is 0 Å². The number of hydrogen-bond acceptors (Lipinski definition) is 7. The number of carbonyl (C=O) groups is 1. The van der Waals surface area contributed by atoms with Gasteiger partial charge in [-0.3, -0.25) is 4.79 Å². The number of aromatic nitrogens is 2. The fraction of sp³-hybridized carbons (Fsp3) is 0.444. The van der Waals surface area contributed by atoms with Crippen molar-refractivity contribution in [3.05, 3.63) is 62.9 Å². The van der Waals surface area contributed by atoms with E-state index in [1.165, 1.54) is 6.26 Å². The predicted molar refractivity (Wildman–Crippen MR) is 136 cm³/mol. The van der Waals surface area contributed by atoms with Gasteiger partial charge < -0.3 is 14.4 Å². The Morgan fingerprint density at radius 1 is 1.22 bits per heavy atom. The van der Waals surface area contributed by atoms with Gasteiger partial charge in [0.25, 0.3) is 5.56 Å². The molecule has 1 aromatic carbocycles. The van der Waals surface area contributed by atoms with Crippen LogP contribution in [0.3, 0.4) is 0 Å². The highest BCUT2D eigenvalue weighted by molar-refractivity contribution is 7.91. The first-order valence-electron chi connectivity index (χ1n) is 12.2. The molecule has 0 saturated carbocycles. The van der Waals surface area contributed by atoms with Gasteiger partial charge in [0.05, 0.1) is 34.3 Å². The summed E-state index contributed by atoms with van der Waals surface area (Å²) in [5, 5.41) is 11.5. The first-order valence-corrected chi connectivity index (χ1v) is 14.2. The molecule has 1 N–H and O–H groups in total. The summed E-state index contributed by atoms with van der Waals surface area (Å²) < 4.78 is 31.3. The van der Waals surface area contributed by atoms with Gasteiger partial charge in [-0.05, 0) is 48.9 Å². The number of fused-ring (bicyclic) bond motifs is 5. The van der Waals surface area contributed by atoms with Crippen LogP contribution in [0, 0.1) is 5.92 Å². The van der Waals surface area contributed by atoms with Gasteiger partial charge in [0, 0.05) is 22.8 Å². The van der Waals surface area contributed by atoms with Crippen molar-refractivity contribution in [3.63, 3.8) is 0 Å². The minimum atomic E-state index is -3.17. The third kappa shape index (κ3) is 3.76. The lowest BCUT2D eigenvalue weighted by molar-refractivity contribution is -0.172. The highest BCUT2D eigenvalue weighted by atomic mass is 32.2. The SMILES string of the molecule is CC[C@@]1(O)C(=O)OCc2c1cc1n(c2=O)Cc2cc3c(CCC(C(C)C)S(C)(=O)=O)cccc3nc2-1. The van der Waals surface area contributed by atoms with E-state index in [0.29, 0.717) is 41.9 Å². The molecule has 0 amide bonds. The van der Waals surface area contributed by atoms with Crippen LogP contribution < -0.4 is 5.56 Å². The number of aryl methyl sites for hydroxylation is 1. The Hall–Kier alpha value is -3.04. The number of rotatable bonds is 6. The van der Waals surface area contributed by atoms with E-state index in [9.17, 15) is 23.1 Å². The fourth-order valence-electron chi connectivity index (χ4n) is 5.62. The number of pyridine rings is 2. The van der Waals surface area contributed by atoms with Crippen LogP contribution in [0.1, 0.15) is 55.9 Å². The first kappa shape index (κ1) is 24.6. The smallest absolute Gasteiger partial charge is 0.343 e. The van der Waals surface area contributed by atoms with E-state index in [0.717, 1.165) is 22.0 Å². The Labute approximate surface area is 209 Å². The molecule has 0 saturated heterocycles. The van der Waals surface area contributed by atoms with E-state index in [-0.39, 0.29) is 24.5 Å². The van der Waals surface area contributed by atoms with Crippen molar-refractivity contribution < 1.29 is 23.1 Å². The van der Waals surface area contributed by atoms with E-state index in [1.807, 2.05) is 38.1 Å². The third-order valence-electron chi connectivity index (χ3n) is 7.63. The van der Waals surface area contributed by atoms with Gasteiger partial charge in [0.2, 0.25) is 0 Å². The molecule has 0 aliphatic carbocycles. The van der Waals surface area contributed by atoms with Crippen LogP contribution in [0.4, 0.5) is 0 Å². The summed E-state index contributed by atoms with van der Waals surface area (Å²) in [5.41, 5.74) is 2.27. The molecule has 2 atom stereocenters. The molecular weight excluding hydrogens is 480 g/mol. The zero-order chi connectivity index (χ0) is 26.0. The second kappa shape index (κ2) is 8.52. The average molecular weight is 511 g/mol. The fourth-order valence-corrected chi connectivity index (χ4v) is 7.16. The molecule has 8 nitrogen and oxygen atoms in total. The molecule has 0 radical (unpaired) electrons. The maximum absolute atomic E-state index is 13.4. The van der Waals surface area contributed by atoms with E-state index < -0.39 is 26.7 Å². The monoisotopic (exact) mass is 510 g/mol. The van der Waals surface area contributed by atoms with Gasteiger partial charge >= 0.3 is 5.97 Å². The van der Waals surface area contributed by atoms with Gasteiger partial charge in [0.15, 0.2) is 15.4 Å². The Morgan fingerprint density at radius 2 is 1.97 bits per heavy atom. The molecule has 0 fully saturated rings. The van der Waals surface area contributed by atoms with Crippen molar-refractivity contribution in [1.29, 1.82) is 0 Å². The van der Waals surface area contributed by atoms with Gasteiger partial charge in [-0.2, -0.15) is 0 Å². The van der Waals surface area contributed by atoms with E-state index in [4.69, 9.17) is 9.72 Å². The molecule has 5 rings (SSSR count). The van der Waals surface area contributed by atoms with Crippen LogP contribution in [0.15, 0.2) is 35.1 Å². The number of ether oxygens (including phenoxy) is 1. The van der Waals surface area contributed by atoms with Crippen LogP contribution in [0.5, 0.6) is 0 Å². The minimum Gasteiger partial charge on any atom is -0.458 e. The second-order valence-corrected chi connectivity index (χ2v) is 12.5. The summed E-state index contributed by atoms with van der Waals surface area (Å²) in [7, 11) is -3.17. The number of hydrogen-bond donors (Lipinski definition) is 1. The summed E-state index contributed by atoms with van der Waals surface area (Å²) in [4.78, 5) is 30.6. The van der Waals surface area contributed by atoms with Gasteiger partial charge in [-0.15, -0.1) is 0 Å². The normalized spacial score (nSPS) is 19.7. The maximum atomic E-state index is 13.4. The van der Waals surface area contributed by atoms with E-state index >= 15 is 0 Å². The standard InChI is InChI=1S/C27H30N2O6S/c1-5-27(32)20-12-22-24-17(13-29(22)25(30)19(20)14-35-26(27)31)11-18-16(7-6-8-21(18)28-24)9-10-23(15(2)3)36(4,33)34/h6-8,11-12,15,23,32H,5,9-10,13-14H2,1-4H3/t23?,27-/m0/s1. The molecule has 2 aliphatic heterocycles. The third-order valence-corrected chi connectivity index (χ3v) is 9.51. The zero-order valence-electron chi connectivity index (χ0n) is 20.9. The second-order valence-electron chi connectivity index (χ2n) is 10.2. The van der Waals surface area contributed by atoms with Crippen LogP contribution >= 0.6 is 0 Å². The van der Waals surface area contributed by atoms with Gasteiger partial charge in [-0.1, -0.05) is 32.9 Å². The van der Waals surface area contributed by atoms with Crippen LogP contribution in [0.25, 0.3) is 22.3 Å². The molecule has 1 unspecified atom stereocenters. The quantitative estimate of drug-likeness (QED) is 0.396. The van der Waals surface area contributed by atoms with Crippen molar-refractivity contribution in [3.8, 4) is 11.4 Å². The van der Waals surface area contributed by atoms with Crippen LogP contribution in [0.2, 0.25) is 0 Å². The van der Waals surface area contributed by atoms with Crippen molar-refractivity contribution in [2.75, 3.05) is 6.26 Å². The van der Waals surface area contributed by atoms with Crippen molar-refractivity contribution in [2.45, 2.75) is 64.0 Å². The minimum absolute atomic E-state index is 0.0161. The predicted octanol–water partition coefficient (Wildman–Crippen LogP) is 3.08. The number of esters is 1. The highest BCUT2D eigenvalue weighted by Gasteiger charge is 2.45. The molecule has 2 aliphatic rings. The topological polar surface area (TPSA) is 116 Å². The number of sulfone groups is 1. The Kier molecular flexibility index (Phi) is 5.83. The molecule has 36 heavy (non-hydrogen) atoms. The Balaban J connectivity index is 1.59. The number of carbonyl (C=O) groups excluding carboxylic acids is 1. The summed E-state index contributed by atoms with van der Waals surface area (Å²) in [6, 6.07) is 9.52. The van der Waals surface area contributed by atoms with Crippen molar-refractivity contribution >= 4 is 26.7 Å². The summed E-state index contributed by atoms with van der Waals surface area (Å²) >= 11 is 0. The maximum Gasteiger partial charge on any atom is 0.343 e. The molecule has 0 spiro atoms. The van der Waals surface area contributed by atoms with Crippen molar-refractivity contribution in [1.82, 2.24) is 9.55 Å². The number of aliphatic hydroxyl groups is 1. The van der Waals surface area contributed by atoms with Gasteiger partial charge in [0.1, 0.15) is 6.61 Å². The Morgan fingerprint density at radius 3 is 2.64 bits per heavy atom. The molecule has 4 heterocycles. The van der Waals surface area contributed by atoms with Crippen molar-refractivity contribution in [2.24, 2.45) is 5.92 Å². The average Bonchev–Trinajstić information content (AvgIpc) is 3.17.